The number of hydrogen-bond acceptors (Lipinski definition) is 3. The fourth-order valence-electron chi connectivity index (χ4n) is 3.19. The molecule has 1 saturated heterocycles. The van der Waals surface area contributed by atoms with Gasteiger partial charge in [0.25, 0.3) is 0 Å². The number of amides is 1. The van der Waals surface area contributed by atoms with Crippen LogP contribution in [-0.4, -0.2) is 34.0 Å². The Balaban J connectivity index is 1.81. The van der Waals surface area contributed by atoms with Crippen LogP contribution in [-0.2, 0) is 9.59 Å². The lowest BCUT2D eigenvalue weighted by Crippen LogP contribution is -2.55. The molecular weight excluding hydrogens is 334 g/mol. The molecule has 1 amide bonds. The van der Waals surface area contributed by atoms with Crippen LogP contribution in [0.25, 0.3) is 0 Å². The lowest BCUT2D eigenvalue weighted by Gasteiger charge is -2.26. The minimum absolute atomic E-state index is 0.0951. The highest BCUT2D eigenvalue weighted by Crippen LogP contribution is 2.31. The highest BCUT2D eigenvalue weighted by atomic mass is 32.2. The van der Waals surface area contributed by atoms with Crippen LogP contribution < -0.4 is 5.32 Å². The zero-order valence-corrected chi connectivity index (χ0v) is 14.7. The molecule has 25 heavy (non-hydrogen) atoms. The zero-order chi connectivity index (χ0) is 17.7. The van der Waals surface area contributed by atoms with Gasteiger partial charge in [-0.3, -0.25) is 4.79 Å². The molecule has 5 heteroatoms. The summed E-state index contributed by atoms with van der Waals surface area (Å²) in [6.45, 7) is 0. The number of rotatable bonds is 6. The number of aliphatic carboxylic acids is 1. The minimum Gasteiger partial charge on any atom is -0.479 e. The largest absolute Gasteiger partial charge is 0.479 e. The summed E-state index contributed by atoms with van der Waals surface area (Å²) in [4.78, 5) is 24.3. The summed E-state index contributed by atoms with van der Waals surface area (Å²) in [5.41, 5.74) is 0.975. The first-order valence-corrected chi connectivity index (χ1v) is 9.48. The van der Waals surface area contributed by atoms with Crippen LogP contribution in [0.2, 0.25) is 0 Å². The Morgan fingerprint density at radius 3 is 2.04 bits per heavy atom. The molecule has 0 spiro atoms. The van der Waals surface area contributed by atoms with Crippen LogP contribution in [0.1, 0.15) is 29.9 Å². The predicted octanol–water partition coefficient (Wildman–Crippen LogP) is 3.29. The molecule has 0 saturated carbocycles. The van der Waals surface area contributed by atoms with Gasteiger partial charge in [0.1, 0.15) is 5.54 Å². The second-order valence-corrected chi connectivity index (χ2v) is 7.42. The van der Waals surface area contributed by atoms with Crippen LogP contribution >= 0.6 is 11.8 Å². The third kappa shape index (κ3) is 4.04. The van der Waals surface area contributed by atoms with Gasteiger partial charge in [-0.1, -0.05) is 60.7 Å². The lowest BCUT2D eigenvalue weighted by atomic mass is 9.87. The van der Waals surface area contributed by atoms with E-state index < -0.39 is 11.5 Å². The highest BCUT2D eigenvalue weighted by Gasteiger charge is 2.43. The smallest absolute Gasteiger partial charge is 0.330 e. The van der Waals surface area contributed by atoms with Crippen LogP contribution in [0.15, 0.2) is 60.7 Å². The standard InChI is InChI=1S/C20H21NO3S/c22-18(21-20(19(23)24)11-12-25-14-20)13-17(15-7-3-1-4-8-15)16-9-5-2-6-10-16/h1-10,17H,11-14H2,(H,21,22)(H,23,24). The molecular formula is C20H21NO3S. The van der Waals surface area contributed by atoms with E-state index in [0.717, 1.165) is 16.9 Å². The summed E-state index contributed by atoms with van der Waals surface area (Å²) >= 11 is 1.57. The topological polar surface area (TPSA) is 66.4 Å². The number of carboxylic acid groups (broad SMARTS) is 1. The molecule has 1 fully saturated rings. The van der Waals surface area contributed by atoms with Crippen molar-refractivity contribution < 1.29 is 14.7 Å². The monoisotopic (exact) mass is 355 g/mol. The number of carboxylic acids is 1. The van der Waals surface area contributed by atoms with E-state index in [2.05, 4.69) is 5.32 Å². The van der Waals surface area contributed by atoms with Crippen LogP contribution in [0.5, 0.6) is 0 Å². The van der Waals surface area contributed by atoms with Gasteiger partial charge in [-0.25, -0.2) is 4.79 Å². The van der Waals surface area contributed by atoms with Gasteiger partial charge >= 0.3 is 5.97 Å². The van der Waals surface area contributed by atoms with Crippen molar-refractivity contribution >= 4 is 23.6 Å². The average molecular weight is 355 g/mol. The lowest BCUT2D eigenvalue weighted by molar-refractivity contribution is -0.146. The molecule has 3 rings (SSSR count). The number of carbonyl (C=O) groups is 2. The summed E-state index contributed by atoms with van der Waals surface area (Å²) in [5, 5.41) is 12.4. The van der Waals surface area contributed by atoms with Crippen molar-refractivity contribution in [1.29, 1.82) is 0 Å². The summed E-state index contributed by atoms with van der Waals surface area (Å²) in [6, 6.07) is 19.7. The normalized spacial score (nSPS) is 19.7. The Morgan fingerprint density at radius 1 is 1.04 bits per heavy atom. The Hall–Kier alpha value is -2.27. The van der Waals surface area contributed by atoms with Crippen molar-refractivity contribution in [1.82, 2.24) is 5.32 Å². The van der Waals surface area contributed by atoms with Crippen molar-refractivity contribution in [3.8, 4) is 0 Å². The first-order valence-electron chi connectivity index (χ1n) is 8.33. The van der Waals surface area contributed by atoms with Gasteiger partial charge < -0.3 is 10.4 Å². The van der Waals surface area contributed by atoms with E-state index in [4.69, 9.17) is 0 Å². The molecule has 1 heterocycles. The summed E-state index contributed by atoms with van der Waals surface area (Å²) < 4.78 is 0. The second kappa shape index (κ2) is 7.74. The maximum atomic E-state index is 12.7. The maximum absolute atomic E-state index is 12.7. The van der Waals surface area contributed by atoms with Crippen molar-refractivity contribution in [3.63, 3.8) is 0 Å². The Labute approximate surface area is 151 Å². The predicted molar refractivity (Wildman–Crippen MR) is 99.8 cm³/mol. The number of carbonyl (C=O) groups excluding carboxylic acids is 1. The first kappa shape index (κ1) is 17.5. The van der Waals surface area contributed by atoms with Crippen molar-refractivity contribution in [2.75, 3.05) is 11.5 Å². The first-order chi connectivity index (χ1) is 12.1. The highest BCUT2D eigenvalue weighted by molar-refractivity contribution is 7.99. The molecule has 1 aliphatic rings. The van der Waals surface area contributed by atoms with Gasteiger partial charge in [-0.15, -0.1) is 0 Å². The molecule has 130 valence electrons. The SMILES string of the molecule is O=C(CC(c1ccccc1)c1ccccc1)NC1(C(=O)O)CCSC1. The van der Waals surface area contributed by atoms with Gasteiger partial charge in [-0.2, -0.15) is 11.8 Å². The van der Waals surface area contributed by atoms with Gasteiger partial charge in [0.05, 0.1) is 0 Å². The Kier molecular flexibility index (Phi) is 5.43. The molecule has 1 aliphatic heterocycles. The van der Waals surface area contributed by atoms with Crippen molar-refractivity contribution in [3.05, 3.63) is 71.8 Å². The number of hydrogen-bond donors (Lipinski definition) is 2. The van der Waals surface area contributed by atoms with Crippen molar-refractivity contribution in [2.45, 2.75) is 24.3 Å². The summed E-state index contributed by atoms with van der Waals surface area (Å²) in [6.07, 6.45) is 0.702. The van der Waals surface area contributed by atoms with Crippen LogP contribution in [0.4, 0.5) is 0 Å². The van der Waals surface area contributed by atoms with Gasteiger partial charge in [-0.05, 0) is 23.3 Å². The van der Waals surface area contributed by atoms with Gasteiger partial charge in [0.2, 0.25) is 5.91 Å². The molecule has 2 aromatic carbocycles. The quantitative estimate of drug-likeness (QED) is 0.834. The summed E-state index contributed by atoms with van der Waals surface area (Å²) in [7, 11) is 0. The molecule has 0 radical (unpaired) electrons. The van der Waals surface area contributed by atoms with E-state index in [1.807, 2.05) is 60.7 Å². The van der Waals surface area contributed by atoms with E-state index in [1.54, 1.807) is 11.8 Å². The van der Waals surface area contributed by atoms with E-state index in [9.17, 15) is 14.7 Å². The van der Waals surface area contributed by atoms with Crippen LogP contribution in [0, 0.1) is 0 Å². The van der Waals surface area contributed by atoms with Gasteiger partial charge in [0.15, 0.2) is 0 Å². The Bertz CT molecular complexity index is 688. The average Bonchev–Trinajstić information content (AvgIpc) is 3.11. The maximum Gasteiger partial charge on any atom is 0.330 e. The molecule has 2 aromatic rings. The zero-order valence-electron chi connectivity index (χ0n) is 13.9. The minimum atomic E-state index is -1.13. The number of nitrogens with one attached hydrogen (secondary N) is 1. The van der Waals surface area contributed by atoms with E-state index in [0.29, 0.717) is 12.2 Å². The number of thioether (sulfide) groups is 1. The van der Waals surface area contributed by atoms with E-state index in [-0.39, 0.29) is 18.2 Å². The van der Waals surface area contributed by atoms with Gasteiger partial charge in [0, 0.05) is 18.1 Å². The fraction of sp³-hybridized carbons (Fsp3) is 0.300. The second-order valence-electron chi connectivity index (χ2n) is 6.32. The number of benzene rings is 2. The molecule has 0 aromatic heterocycles. The molecule has 0 bridgehead atoms. The molecule has 4 nitrogen and oxygen atoms in total. The molecule has 1 atom stereocenters. The summed E-state index contributed by atoms with van der Waals surface area (Å²) in [5.74, 6) is -0.0743. The third-order valence-electron chi connectivity index (χ3n) is 4.60. The molecule has 2 N–H and O–H groups in total. The van der Waals surface area contributed by atoms with E-state index >= 15 is 0 Å². The molecule has 0 aliphatic carbocycles. The van der Waals surface area contributed by atoms with Crippen LogP contribution in [0.3, 0.4) is 0 Å². The van der Waals surface area contributed by atoms with E-state index in [1.165, 1.54) is 0 Å². The molecule has 1 unspecified atom stereocenters. The fourth-order valence-corrected chi connectivity index (χ4v) is 4.51. The third-order valence-corrected chi connectivity index (χ3v) is 5.79. The van der Waals surface area contributed by atoms with Crippen molar-refractivity contribution in [2.24, 2.45) is 0 Å². The Morgan fingerprint density at radius 2 is 1.60 bits per heavy atom.